The molecule has 2 heteroatoms. The van der Waals surface area contributed by atoms with E-state index in [2.05, 4.69) is 26.1 Å². The van der Waals surface area contributed by atoms with Crippen molar-refractivity contribution in [1.29, 1.82) is 0 Å². The number of benzene rings is 1. The van der Waals surface area contributed by atoms with Crippen LogP contribution in [0.5, 0.6) is 0 Å². The van der Waals surface area contributed by atoms with Crippen LogP contribution in [0, 0.1) is 18.7 Å². The molecule has 0 aliphatic heterocycles. The molecule has 1 aromatic carbocycles. The third-order valence-electron chi connectivity index (χ3n) is 4.09. The summed E-state index contributed by atoms with van der Waals surface area (Å²) in [6.45, 7) is 9.38. The molecule has 1 nitrogen and oxygen atoms in total. The molecule has 0 spiro atoms. The fourth-order valence-corrected chi connectivity index (χ4v) is 2.80. The lowest BCUT2D eigenvalue weighted by molar-refractivity contribution is 0.351. The smallest absolute Gasteiger partial charge is 0.128 e. The molecule has 114 valence electrons. The summed E-state index contributed by atoms with van der Waals surface area (Å²) in [5, 5.41) is 3.46. The van der Waals surface area contributed by atoms with Crippen LogP contribution in [0.4, 0.5) is 4.39 Å². The molecule has 0 saturated heterocycles. The minimum absolute atomic E-state index is 0.0682. The molecule has 1 N–H and O–H groups in total. The van der Waals surface area contributed by atoms with Gasteiger partial charge in [0, 0.05) is 11.6 Å². The Morgan fingerprint density at radius 2 is 1.95 bits per heavy atom. The number of hydrogen-bond donors (Lipinski definition) is 1. The van der Waals surface area contributed by atoms with Crippen LogP contribution in [0.15, 0.2) is 18.2 Å². The van der Waals surface area contributed by atoms with Crippen molar-refractivity contribution < 1.29 is 4.39 Å². The maximum atomic E-state index is 14.2. The van der Waals surface area contributed by atoms with Gasteiger partial charge in [0.15, 0.2) is 0 Å². The van der Waals surface area contributed by atoms with Crippen molar-refractivity contribution in [1.82, 2.24) is 5.32 Å². The van der Waals surface area contributed by atoms with Gasteiger partial charge in [-0.3, -0.25) is 0 Å². The number of hydrogen-bond acceptors (Lipinski definition) is 1. The van der Waals surface area contributed by atoms with Gasteiger partial charge in [-0.2, -0.15) is 0 Å². The summed E-state index contributed by atoms with van der Waals surface area (Å²) in [6, 6.07) is 5.75. The minimum Gasteiger partial charge on any atom is -0.310 e. The van der Waals surface area contributed by atoms with Gasteiger partial charge in [0.25, 0.3) is 0 Å². The van der Waals surface area contributed by atoms with Crippen molar-refractivity contribution in [3.63, 3.8) is 0 Å². The van der Waals surface area contributed by atoms with Gasteiger partial charge in [0.2, 0.25) is 0 Å². The first-order valence-corrected chi connectivity index (χ1v) is 8.11. The van der Waals surface area contributed by atoms with E-state index < -0.39 is 0 Å². The van der Waals surface area contributed by atoms with Gasteiger partial charge in [-0.1, -0.05) is 58.6 Å². The van der Waals surface area contributed by atoms with Crippen LogP contribution >= 0.6 is 0 Å². The summed E-state index contributed by atoms with van der Waals surface area (Å²) in [5.74, 6) is 0.612. The third-order valence-corrected chi connectivity index (χ3v) is 4.09. The molecule has 0 fully saturated rings. The minimum atomic E-state index is -0.0682. The van der Waals surface area contributed by atoms with E-state index in [1.54, 1.807) is 6.07 Å². The summed E-state index contributed by atoms with van der Waals surface area (Å²) < 4.78 is 14.2. The van der Waals surface area contributed by atoms with Crippen LogP contribution in [0.25, 0.3) is 0 Å². The van der Waals surface area contributed by atoms with Crippen molar-refractivity contribution >= 4 is 0 Å². The van der Waals surface area contributed by atoms with Crippen molar-refractivity contribution in [2.24, 2.45) is 5.92 Å². The van der Waals surface area contributed by atoms with Crippen LogP contribution < -0.4 is 5.32 Å². The summed E-state index contributed by atoms with van der Waals surface area (Å²) in [7, 11) is 0. The number of nitrogens with one attached hydrogen (secondary N) is 1. The molecule has 0 aliphatic carbocycles. The molecule has 0 saturated carbocycles. The second kappa shape index (κ2) is 9.12. The third kappa shape index (κ3) is 5.24. The molecule has 0 aliphatic rings. The Morgan fingerprint density at radius 1 is 1.20 bits per heavy atom. The van der Waals surface area contributed by atoms with E-state index in [-0.39, 0.29) is 11.9 Å². The lowest BCUT2D eigenvalue weighted by atomic mass is 9.88. The monoisotopic (exact) mass is 279 g/mol. The van der Waals surface area contributed by atoms with E-state index in [9.17, 15) is 4.39 Å². The average molecular weight is 279 g/mol. The van der Waals surface area contributed by atoms with Crippen molar-refractivity contribution in [2.45, 2.75) is 65.8 Å². The molecular formula is C18H30FN. The Hall–Kier alpha value is -0.890. The molecule has 0 amide bonds. The molecule has 0 bridgehead atoms. The van der Waals surface area contributed by atoms with Crippen LogP contribution in [0.3, 0.4) is 0 Å². The predicted molar refractivity (Wildman–Crippen MR) is 85.5 cm³/mol. The van der Waals surface area contributed by atoms with Crippen molar-refractivity contribution in [3.8, 4) is 0 Å². The Morgan fingerprint density at radius 3 is 2.50 bits per heavy atom. The van der Waals surface area contributed by atoms with E-state index >= 15 is 0 Å². The first-order chi connectivity index (χ1) is 9.62. The van der Waals surface area contributed by atoms with Crippen LogP contribution in [-0.4, -0.2) is 6.54 Å². The van der Waals surface area contributed by atoms with E-state index in [1.807, 2.05) is 19.1 Å². The number of rotatable bonds is 9. The molecule has 0 radical (unpaired) electrons. The molecule has 0 heterocycles. The van der Waals surface area contributed by atoms with E-state index in [0.717, 1.165) is 24.1 Å². The first-order valence-electron chi connectivity index (χ1n) is 8.11. The normalized spacial score (nSPS) is 14.2. The highest BCUT2D eigenvalue weighted by Crippen LogP contribution is 2.28. The zero-order valence-corrected chi connectivity index (χ0v) is 13.5. The topological polar surface area (TPSA) is 12.0 Å². The summed E-state index contributed by atoms with van der Waals surface area (Å²) in [5.41, 5.74) is 1.81. The van der Waals surface area contributed by atoms with Crippen LogP contribution in [-0.2, 0) is 0 Å². The van der Waals surface area contributed by atoms with Gasteiger partial charge in [0.1, 0.15) is 5.82 Å². The Labute approximate surface area is 124 Å². The number of halogens is 1. The van der Waals surface area contributed by atoms with Gasteiger partial charge >= 0.3 is 0 Å². The molecular weight excluding hydrogens is 249 g/mol. The fourth-order valence-electron chi connectivity index (χ4n) is 2.80. The van der Waals surface area contributed by atoms with Gasteiger partial charge in [0.05, 0.1) is 0 Å². The predicted octanol–water partition coefficient (Wildman–Crippen LogP) is 5.39. The van der Waals surface area contributed by atoms with Gasteiger partial charge in [-0.05, 0) is 37.4 Å². The Balaban J connectivity index is 2.81. The average Bonchev–Trinajstić information content (AvgIpc) is 2.42. The highest BCUT2D eigenvalue weighted by Gasteiger charge is 2.19. The largest absolute Gasteiger partial charge is 0.310 e. The summed E-state index contributed by atoms with van der Waals surface area (Å²) in [4.78, 5) is 0. The lowest BCUT2D eigenvalue weighted by Gasteiger charge is -2.24. The molecule has 0 aromatic heterocycles. The summed E-state index contributed by atoms with van der Waals surface area (Å²) in [6.07, 6.45) is 5.97. The Kier molecular flexibility index (Phi) is 7.83. The highest BCUT2D eigenvalue weighted by atomic mass is 19.1. The fraction of sp³-hybridized carbons (Fsp3) is 0.667. The lowest BCUT2D eigenvalue weighted by Crippen LogP contribution is -2.24. The zero-order chi connectivity index (χ0) is 15.0. The maximum absolute atomic E-state index is 14.2. The molecule has 1 aromatic rings. The SMILES string of the molecule is CCCCC(CC)CC(NCC)c1ccc(C)cc1F. The maximum Gasteiger partial charge on any atom is 0.128 e. The second-order valence-corrected chi connectivity index (χ2v) is 5.79. The van der Waals surface area contributed by atoms with Gasteiger partial charge < -0.3 is 5.32 Å². The zero-order valence-electron chi connectivity index (χ0n) is 13.5. The van der Waals surface area contributed by atoms with Crippen molar-refractivity contribution in [3.05, 3.63) is 35.1 Å². The quantitative estimate of drug-likeness (QED) is 0.639. The molecule has 1 rings (SSSR count). The van der Waals surface area contributed by atoms with Gasteiger partial charge in [-0.25, -0.2) is 4.39 Å². The van der Waals surface area contributed by atoms with Crippen LogP contribution in [0.2, 0.25) is 0 Å². The molecule has 2 atom stereocenters. The summed E-state index contributed by atoms with van der Waals surface area (Å²) >= 11 is 0. The number of unbranched alkanes of at least 4 members (excludes halogenated alkanes) is 1. The van der Waals surface area contributed by atoms with Crippen molar-refractivity contribution in [2.75, 3.05) is 6.54 Å². The van der Waals surface area contributed by atoms with E-state index in [1.165, 1.54) is 25.7 Å². The molecule has 20 heavy (non-hydrogen) atoms. The van der Waals surface area contributed by atoms with Crippen LogP contribution in [0.1, 0.15) is 70.0 Å². The number of aryl methyl sites for hydroxylation is 1. The molecule has 2 unspecified atom stereocenters. The standard InChI is InChI=1S/C18H30FN/c1-5-8-9-15(6-2)13-18(20-7-3)16-11-10-14(4)12-17(16)19/h10-12,15,18,20H,5-9,13H2,1-4H3. The van der Waals surface area contributed by atoms with E-state index in [4.69, 9.17) is 0 Å². The van der Waals surface area contributed by atoms with E-state index in [0.29, 0.717) is 5.92 Å². The Bertz CT molecular complexity index is 389. The van der Waals surface area contributed by atoms with Gasteiger partial charge in [-0.15, -0.1) is 0 Å². The second-order valence-electron chi connectivity index (χ2n) is 5.79. The highest BCUT2D eigenvalue weighted by molar-refractivity contribution is 5.26. The first kappa shape index (κ1) is 17.2.